The number of carbonyl (C=O) groups excluding carboxylic acids is 2. The maximum atomic E-state index is 12.3. The van der Waals surface area contributed by atoms with E-state index in [2.05, 4.69) is 72.5 Å². The van der Waals surface area contributed by atoms with Crippen molar-refractivity contribution >= 4 is 56.8 Å². The molecule has 0 heterocycles. The molecule has 0 atom stereocenters. The van der Waals surface area contributed by atoms with Crippen LogP contribution in [0.5, 0.6) is 0 Å². The molecule has 0 unspecified atom stereocenters. The second-order valence-corrected chi connectivity index (χ2v) is 11.1. The molecule has 0 aliphatic rings. The molecule has 4 aromatic carbocycles. The van der Waals surface area contributed by atoms with Crippen LogP contribution < -0.4 is 5.32 Å². The van der Waals surface area contributed by atoms with Crippen molar-refractivity contribution in [2.75, 3.05) is 18.9 Å². The van der Waals surface area contributed by atoms with Crippen molar-refractivity contribution in [1.29, 1.82) is 0 Å². The SMILES string of the molecule is O=C(CCS)NCCCCCCCCCCCOC(=O)CCCc1ccc2ccc3cccc4ccc1c2c34. The zero-order valence-electron chi connectivity index (χ0n) is 23.2. The third-order valence-corrected chi connectivity index (χ3v) is 7.91. The minimum atomic E-state index is -0.0745. The lowest BCUT2D eigenvalue weighted by Crippen LogP contribution is -2.24. The molecule has 0 fully saturated rings. The molecule has 4 nitrogen and oxygen atoms in total. The Hall–Kier alpha value is -2.79. The summed E-state index contributed by atoms with van der Waals surface area (Å²) >= 11 is 4.07. The topological polar surface area (TPSA) is 55.4 Å². The van der Waals surface area contributed by atoms with Gasteiger partial charge in [0.25, 0.3) is 0 Å². The predicted molar refractivity (Wildman–Crippen MR) is 167 cm³/mol. The lowest BCUT2D eigenvalue weighted by molar-refractivity contribution is -0.143. The molecule has 0 aliphatic heterocycles. The lowest BCUT2D eigenvalue weighted by atomic mass is 9.90. The maximum absolute atomic E-state index is 12.3. The van der Waals surface area contributed by atoms with E-state index in [0.29, 0.717) is 25.2 Å². The van der Waals surface area contributed by atoms with E-state index in [1.807, 2.05) is 0 Å². The van der Waals surface area contributed by atoms with E-state index in [9.17, 15) is 9.59 Å². The van der Waals surface area contributed by atoms with Gasteiger partial charge < -0.3 is 10.1 Å². The van der Waals surface area contributed by atoms with Crippen molar-refractivity contribution in [1.82, 2.24) is 5.32 Å². The summed E-state index contributed by atoms with van der Waals surface area (Å²) in [5.74, 6) is 0.642. The highest BCUT2D eigenvalue weighted by Gasteiger charge is 2.11. The normalized spacial score (nSPS) is 11.5. The molecule has 4 aromatic rings. The van der Waals surface area contributed by atoms with E-state index in [-0.39, 0.29) is 11.9 Å². The Labute approximate surface area is 238 Å². The first-order valence-electron chi connectivity index (χ1n) is 14.9. The van der Waals surface area contributed by atoms with Crippen LogP contribution in [0.4, 0.5) is 0 Å². The van der Waals surface area contributed by atoms with Gasteiger partial charge in [0.2, 0.25) is 5.91 Å². The molecule has 208 valence electrons. The van der Waals surface area contributed by atoms with Crippen molar-refractivity contribution in [2.24, 2.45) is 0 Å². The largest absolute Gasteiger partial charge is 0.466 e. The molecule has 0 radical (unpaired) electrons. The van der Waals surface area contributed by atoms with E-state index in [1.165, 1.54) is 76.4 Å². The fourth-order valence-corrected chi connectivity index (χ4v) is 5.78. The van der Waals surface area contributed by atoms with Gasteiger partial charge in [-0.05, 0) is 69.3 Å². The van der Waals surface area contributed by atoms with Gasteiger partial charge in [0.15, 0.2) is 0 Å². The number of hydrogen-bond donors (Lipinski definition) is 2. The molecule has 0 aliphatic carbocycles. The van der Waals surface area contributed by atoms with Gasteiger partial charge in [0.05, 0.1) is 6.61 Å². The summed E-state index contributed by atoms with van der Waals surface area (Å²) in [5, 5.41) is 10.8. The molecule has 0 saturated heterocycles. The molecule has 5 heteroatoms. The first-order chi connectivity index (χ1) is 19.2. The highest BCUT2D eigenvalue weighted by atomic mass is 32.1. The molecule has 4 rings (SSSR count). The van der Waals surface area contributed by atoms with E-state index in [1.54, 1.807) is 0 Å². The Morgan fingerprint density at radius 1 is 0.667 bits per heavy atom. The van der Waals surface area contributed by atoms with Crippen molar-refractivity contribution in [3.63, 3.8) is 0 Å². The fourth-order valence-electron chi connectivity index (χ4n) is 5.58. The molecule has 0 spiro atoms. The number of carbonyl (C=O) groups is 2. The molecule has 0 saturated carbocycles. The average Bonchev–Trinajstić information content (AvgIpc) is 2.95. The van der Waals surface area contributed by atoms with E-state index in [4.69, 9.17) is 4.74 Å². The molecule has 0 bridgehead atoms. The smallest absolute Gasteiger partial charge is 0.305 e. The summed E-state index contributed by atoms with van der Waals surface area (Å²) in [6, 6.07) is 19.8. The van der Waals surface area contributed by atoms with Crippen LogP contribution >= 0.6 is 12.6 Å². The lowest BCUT2D eigenvalue weighted by Gasteiger charge is -2.14. The molecular formula is C34H43NO3S. The standard InChI is InChI=1S/C34H43NO3S/c36-31(22-25-39)35-23-8-6-4-2-1-3-5-7-9-24-38-32(37)15-11-12-26-16-17-29-19-18-27-13-10-14-28-20-21-30(26)34(29)33(27)28/h10,13-14,16-21,39H,1-9,11-12,15,22-25H2,(H,35,36). The van der Waals surface area contributed by atoms with Gasteiger partial charge in [-0.1, -0.05) is 99.5 Å². The van der Waals surface area contributed by atoms with Crippen LogP contribution in [0.2, 0.25) is 0 Å². The summed E-state index contributed by atoms with van der Waals surface area (Å²) in [6.45, 7) is 1.32. The number of aryl methyl sites for hydroxylation is 1. The predicted octanol–water partition coefficient (Wildman–Crippen LogP) is 8.40. The first-order valence-corrected chi connectivity index (χ1v) is 15.5. The molecule has 0 aromatic heterocycles. The maximum Gasteiger partial charge on any atom is 0.305 e. The average molecular weight is 546 g/mol. The van der Waals surface area contributed by atoms with E-state index in [0.717, 1.165) is 38.6 Å². The number of hydrogen-bond acceptors (Lipinski definition) is 4. The second kappa shape index (κ2) is 15.7. The minimum absolute atomic E-state index is 0.0745. The Morgan fingerprint density at radius 3 is 2.00 bits per heavy atom. The van der Waals surface area contributed by atoms with Gasteiger partial charge in [-0.2, -0.15) is 12.6 Å². The van der Waals surface area contributed by atoms with Crippen LogP contribution in [0.3, 0.4) is 0 Å². The Kier molecular flexibility index (Phi) is 11.8. The van der Waals surface area contributed by atoms with Crippen LogP contribution in [0.25, 0.3) is 32.3 Å². The number of ether oxygens (including phenoxy) is 1. The molecule has 39 heavy (non-hydrogen) atoms. The van der Waals surface area contributed by atoms with Gasteiger partial charge in [0.1, 0.15) is 0 Å². The van der Waals surface area contributed by atoms with Crippen molar-refractivity contribution in [2.45, 2.75) is 83.5 Å². The van der Waals surface area contributed by atoms with Gasteiger partial charge in [-0.15, -0.1) is 0 Å². The monoisotopic (exact) mass is 545 g/mol. The van der Waals surface area contributed by atoms with Crippen LogP contribution in [0.15, 0.2) is 54.6 Å². The third kappa shape index (κ3) is 8.60. The van der Waals surface area contributed by atoms with Crippen LogP contribution in [0.1, 0.15) is 82.6 Å². The summed E-state index contributed by atoms with van der Waals surface area (Å²) in [6.07, 6.45) is 13.2. The highest BCUT2D eigenvalue weighted by Crippen LogP contribution is 2.36. The molecular weight excluding hydrogens is 502 g/mol. The Morgan fingerprint density at radius 2 is 1.28 bits per heavy atom. The van der Waals surface area contributed by atoms with Gasteiger partial charge in [-0.25, -0.2) is 0 Å². The van der Waals surface area contributed by atoms with Crippen molar-refractivity contribution < 1.29 is 14.3 Å². The third-order valence-electron chi connectivity index (χ3n) is 7.69. The highest BCUT2D eigenvalue weighted by molar-refractivity contribution is 7.80. The number of benzene rings is 4. The van der Waals surface area contributed by atoms with Crippen molar-refractivity contribution in [3.05, 3.63) is 60.2 Å². The summed E-state index contributed by atoms with van der Waals surface area (Å²) in [4.78, 5) is 23.6. The summed E-state index contributed by atoms with van der Waals surface area (Å²) in [7, 11) is 0. The van der Waals surface area contributed by atoms with Crippen LogP contribution in [-0.2, 0) is 20.7 Å². The number of thiol groups is 1. The molecule has 1 N–H and O–H groups in total. The van der Waals surface area contributed by atoms with Crippen LogP contribution in [-0.4, -0.2) is 30.8 Å². The number of amides is 1. The van der Waals surface area contributed by atoms with Gasteiger partial charge in [-0.3, -0.25) is 9.59 Å². The van der Waals surface area contributed by atoms with E-state index >= 15 is 0 Å². The van der Waals surface area contributed by atoms with Crippen molar-refractivity contribution in [3.8, 4) is 0 Å². The zero-order chi connectivity index (χ0) is 27.3. The number of nitrogens with one attached hydrogen (secondary N) is 1. The number of unbranched alkanes of at least 4 members (excludes halogenated alkanes) is 8. The van der Waals surface area contributed by atoms with Gasteiger partial charge >= 0.3 is 5.97 Å². The first kappa shape index (κ1) is 29.2. The summed E-state index contributed by atoms with van der Waals surface area (Å²) < 4.78 is 5.50. The van der Waals surface area contributed by atoms with Crippen LogP contribution in [0, 0.1) is 0 Å². The number of rotatable bonds is 18. The summed E-state index contributed by atoms with van der Waals surface area (Å²) in [5.41, 5.74) is 1.31. The quantitative estimate of drug-likeness (QED) is 0.0571. The minimum Gasteiger partial charge on any atom is -0.466 e. The zero-order valence-corrected chi connectivity index (χ0v) is 24.1. The number of esters is 1. The Balaban J connectivity index is 1.05. The van der Waals surface area contributed by atoms with E-state index < -0.39 is 0 Å². The Bertz CT molecular complexity index is 1320. The second-order valence-electron chi connectivity index (χ2n) is 10.7. The molecule has 1 amide bonds. The fraction of sp³-hybridized carbons (Fsp3) is 0.471. The van der Waals surface area contributed by atoms with Gasteiger partial charge in [0, 0.05) is 19.4 Å².